The molecule has 0 spiro atoms. The van der Waals surface area contributed by atoms with E-state index in [-0.39, 0.29) is 18.0 Å². The Bertz CT molecular complexity index is 617. The van der Waals surface area contributed by atoms with Crippen LogP contribution in [0.2, 0.25) is 0 Å². The van der Waals surface area contributed by atoms with E-state index < -0.39 is 5.97 Å². The molecule has 98 valence electrons. The first-order valence-corrected chi connectivity index (χ1v) is 5.81. The van der Waals surface area contributed by atoms with Crippen molar-refractivity contribution in [3.8, 4) is 0 Å². The topological polar surface area (TPSA) is 71.3 Å². The van der Waals surface area contributed by atoms with Crippen molar-refractivity contribution in [2.45, 2.75) is 13.5 Å². The second-order valence-corrected chi connectivity index (χ2v) is 4.24. The molecule has 0 aliphatic heterocycles. The Morgan fingerprint density at radius 1 is 1.26 bits per heavy atom. The maximum atomic E-state index is 11.8. The quantitative estimate of drug-likeness (QED) is 0.882. The minimum absolute atomic E-state index is 0.0849. The van der Waals surface area contributed by atoms with E-state index >= 15 is 0 Å². The molecule has 0 radical (unpaired) electrons. The molecular formula is C14H14N2O3. The molecule has 19 heavy (non-hydrogen) atoms. The molecule has 1 heterocycles. The number of aromatic nitrogens is 1. The summed E-state index contributed by atoms with van der Waals surface area (Å²) in [4.78, 5) is 22.6. The van der Waals surface area contributed by atoms with Gasteiger partial charge in [0.05, 0.1) is 5.56 Å². The Kier molecular flexibility index (Phi) is 3.66. The molecule has 2 N–H and O–H groups in total. The number of carboxylic acid groups (broad SMARTS) is 1. The fourth-order valence-corrected chi connectivity index (χ4v) is 1.73. The van der Waals surface area contributed by atoms with Gasteiger partial charge in [0.15, 0.2) is 0 Å². The summed E-state index contributed by atoms with van der Waals surface area (Å²) in [6, 6.07) is 8.94. The van der Waals surface area contributed by atoms with Crippen molar-refractivity contribution in [2.24, 2.45) is 0 Å². The van der Waals surface area contributed by atoms with Crippen molar-refractivity contribution < 1.29 is 14.7 Å². The molecule has 1 amide bonds. The predicted octanol–water partition coefficient (Wildman–Crippen LogP) is 2.13. The second kappa shape index (κ2) is 5.39. The van der Waals surface area contributed by atoms with Gasteiger partial charge >= 0.3 is 5.97 Å². The number of hydrogen-bond donors (Lipinski definition) is 2. The van der Waals surface area contributed by atoms with Crippen LogP contribution >= 0.6 is 0 Å². The zero-order chi connectivity index (χ0) is 13.8. The van der Waals surface area contributed by atoms with E-state index in [2.05, 4.69) is 5.32 Å². The lowest BCUT2D eigenvalue weighted by Crippen LogP contribution is -2.18. The van der Waals surface area contributed by atoms with Crippen LogP contribution in [0.25, 0.3) is 0 Å². The number of carboxylic acids is 1. The zero-order valence-electron chi connectivity index (χ0n) is 10.5. The molecule has 5 nitrogen and oxygen atoms in total. The molecule has 2 aromatic rings. The molecule has 0 saturated heterocycles. The van der Waals surface area contributed by atoms with Crippen LogP contribution in [0.1, 0.15) is 15.9 Å². The number of anilines is 1. The first kappa shape index (κ1) is 12.9. The van der Waals surface area contributed by atoms with Crippen molar-refractivity contribution in [1.29, 1.82) is 0 Å². The molecule has 2 rings (SSSR count). The molecule has 0 aliphatic carbocycles. The average Bonchev–Trinajstić information content (AvgIpc) is 2.80. The van der Waals surface area contributed by atoms with Gasteiger partial charge in [-0.3, -0.25) is 4.79 Å². The van der Waals surface area contributed by atoms with E-state index in [9.17, 15) is 9.59 Å². The summed E-state index contributed by atoms with van der Waals surface area (Å²) in [5.74, 6) is -1.19. The lowest BCUT2D eigenvalue weighted by atomic mass is 10.2. The van der Waals surface area contributed by atoms with Crippen LogP contribution in [0, 0.1) is 6.92 Å². The summed E-state index contributed by atoms with van der Waals surface area (Å²) >= 11 is 0. The fraction of sp³-hybridized carbons (Fsp3) is 0.143. The molecule has 1 aromatic carbocycles. The van der Waals surface area contributed by atoms with Crippen LogP contribution < -0.4 is 5.32 Å². The number of nitrogens with one attached hydrogen (secondary N) is 1. The number of para-hydroxylation sites is 1. The van der Waals surface area contributed by atoms with Gasteiger partial charge in [0.2, 0.25) is 5.91 Å². The van der Waals surface area contributed by atoms with Gasteiger partial charge in [0.25, 0.3) is 0 Å². The molecule has 0 bridgehead atoms. The Morgan fingerprint density at radius 3 is 2.63 bits per heavy atom. The number of aromatic carboxylic acids is 1. The van der Waals surface area contributed by atoms with Crippen molar-refractivity contribution in [2.75, 3.05) is 5.32 Å². The molecular weight excluding hydrogens is 244 g/mol. The van der Waals surface area contributed by atoms with Gasteiger partial charge < -0.3 is 15.0 Å². The van der Waals surface area contributed by atoms with Gasteiger partial charge in [-0.25, -0.2) is 4.79 Å². The Labute approximate surface area is 110 Å². The average molecular weight is 258 g/mol. The summed E-state index contributed by atoms with van der Waals surface area (Å²) in [6.45, 7) is 2.00. The summed E-state index contributed by atoms with van der Waals surface area (Å²) < 4.78 is 1.54. The molecule has 0 atom stereocenters. The van der Waals surface area contributed by atoms with E-state index in [0.29, 0.717) is 0 Å². The third-order valence-electron chi connectivity index (χ3n) is 2.74. The number of nitrogens with zero attached hydrogens (tertiary/aromatic N) is 1. The predicted molar refractivity (Wildman–Crippen MR) is 71.2 cm³/mol. The largest absolute Gasteiger partial charge is 0.478 e. The van der Waals surface area contributed by atoms with Crippen molar-refractivity contribution in [3.63, 3.8) is 0 Å². The van der Waals surface area contributed by atoms with Gasteiger partial charge in [0.1, 0.15) is 6.54 Å². The first-order chi connectivity index (χ1) is 9.06. The van der Waals surface area contributed by atoms with Gasteiger partial charge in [0, 0.05) is 18.1 Å². The van der Waals surface area contributed by atoms with Crippen LogP contribution in [0.15, 0.2) is 42.7 Å². The summed E-state index contributed by atoms with van der Waals surface area (Å²) in [5.41, 5.74) is 1.91. The van der Waals surface area contributed by atoms with Gasteiger partial charge in [-0.15, -0.1) is 0 Å². The van der Waals surface area contributed by atoms with Crippen molar-refractivity contribution in [1.82, 2.24) is 4.57 Å². The minimum atomic E-state index is -1.00. The normalized spacial score (nSPS) is 10.2. The van der Waals surface area contributed by atoms with Crippen molar-refractivity contribution >= 4 is 17.6 Å². The summed E-state index contributed by atoms with van der Waals surface area (Å²) in [7, 11) is 0. The summed E-state index contributed by atoms with van der Waals surface area (Å²) in [6.07, 6.45) is 3.00. The highest BCUT2D eigenvalue weighted by Crippen LogP contribution is 2.13. The fourth-order valence-electron chi connectivity index (χ4n) is 1.73. The number of benzene rings is 1. The van der Waals surface area contributed by atoms with Crippen LogP contribution in [0.3, 0.4) is 0 Å². The Balaban J connectivity index is 2.01. The number of carbonyl (C=O) groups excluding carboxylic acids is 1. The van der Waals surface area contributed by atoms with Crippen LogP contribution in [0.4, 0.5) is 5.69 Å². The first-order valence-electron chi connectivity index (χ1n) is 5.81. The monoisotopic (exact) mass is 258 g/mol. The van der Waals surface area contributed by atoms with Gasteiger partial charge in [-0.1, -0.05) is 18.2 Å². The van der Waals surface area contributed by atoms with E-state index in [1.165, 1.54) is 16.8 Å². The van der Waals surface area contributed by atoms with E-state index in [1.54, 1.807) is 6.20 Å². The molecule has 5 heteroatoms. The highest BCUT2D eigenvalue weighted by atomic mass is 16.4. The van der Waals surface area contributed by atoms with E-state index in [1.807, 2.05) is 31.2 Å². The Morgan fingerprint density at radius 2 is 2.00 bits per heavy atom. The van der Waals surface area contributed by atoms with Gasteiger partial charge in [-0.2, -0.15) is 0 Å². The SMILES string of the molecule is Cc1ccccc1NC(=O)Cn1ccc(C(=O)O)c1. The van der Waals surface area contributed by atoms with Crippen LogP contribution in [-0.4, -0.2) is 21.6 Å². The minimum Gasteiger partial charge on any atom is -0.478 e. The molecule has 1 aromatic heterocycles. The van der Waals surface area contributed by atoms with Gasteiger partial charge in [-0.05, 0) is 24.6 Å². The third kappa shape index (κ3) is 3.22. The lowest BCUT2D eigenvalue weighted by molar-refractivity contribution is -0.116. The highest BCUT2D eigenvalue weighted by Gasteiger charge is 2.08. The smallest absolute Gasteiger partial charge is 0.337 e. The third-order valence-corrected chi connectivity index (χ3v) is 2.74. The number of hydrogen-bond acceptors (Lipinski definition) is 2. The maximum Gasteiger partial charge on any atom is 0.337 e. The molecule has 0 aliphatic rings. The molecule has 0 saturated carbocycles. The second-order valence-electron chi connectivity index (χ2n) is 4.24. The standard InChI is InChI=1S/C14H14N2O3/c1-10-4-2-3-5-12(10)15-13(17)9-16-7-6-11(8-16)14(18)19/h2-8H,9H2,1H3,(H,15,17)(H,18,19). The molecule has 0 unspecified atom stereocenters. The number of aryl methyl sites for hydroxylation is 1. The number of amides is 1. The molecule has 0 fully saturated rings. The zero-order valence-corrected chi connectivity index (χ0v) is 10.5. The van der Waals surface area contributed by atoms with E-state index in [4.69, 9.17) is 5.11 Å². The van der Waals surface area contributed by atoms with Crippen LogP contribution in [-0.2, 0) is 11.3 Å². The van der Waals surface area contributed by atoms with E-state index in [0.717, 1.165) is 11.3 Å². The van der Waals surface area contributed by atoms with Crippen LogP contribution in [0.5, 0.6) is 0 Å². The summed E-state index contributed by atoms with van der Waals surface area (Å²) in [5, 5.41) is 11.6. The Hall–Kier alpha value is -2.56. The lowest BCUT2D eigenvalue weighted by Gasteiger charge is -2.08. The van der Waals surface area contributed by atoms with Crippen molar-refractivity contribution in [3.05, 3.63) is 53.9 Å². The maximum absolute atomic E-state index is 11.8. The highest BCUT2D eigenvalue weighted by molar-refractivity contribution is 5.91. The number of rotatable bonds is 4. The number of carbonyl (C=O) groups is 2.